The van der Waals surface area contributed by atoms with Gasteiger partial charge in [0.2, 0.25) is 0 Å². The maximum Gasteiger partial charge on any atom is 0.162 e. The minimum absolute atomic E-state index is 0.199. The fourth-order valence-electron chi connectivity index (χ4n) is 1.24. The van der Waals surface area contributed by atoms with E-state index in [9.17, 15) is 4.91 Å². The Morgan fingerprint density at radius 2 is 2.12 bits per heavy atom. The zero-order valence-electron chi connectivity index (χ0n) is 8.42. The molecule has 1 heterocycles. The van der Waals surface area contributed by atoms with Crippen LogP contribution in [0, 0.1) is 4.91 Å². The van der Waals surface area contributed by atoms with Gasteiger partial charge < -0.3 is 5.41 Å². The minimum Gasteiger partial charge on any atom is -0.761 e. The summed E-state index contributed by atoms with van der Waals surface area (Å²) in [5.41, 5.74) is 1.37. The summed E-state index contributed by atoms with van der Waals surface area (Å²) >= 11 is 6.99. The lowest BCUT2D eigenvalue weighted by molar-refractivity contribution is 1.35. The van der Waals surface area contributed by atoms with E-state index in [0.29, 0.717) is 15.7 Å². The van der Waals surface area contributed by atoms with Gasteiger partial charge in [-0.25, -0.2) is 10.9 Å². The third-order valence-electron chi connectivity index (χ3n) is 2.04. The summed E-state index contributed by atoms with van der Waals surface area (Å²) in [5.74, 6) is 1.71. The second-order valence-electron chi connectivity index (χ2n) is 3.10. The number of nitrogens with zero attached hydrogens (tertiary/aromatic N) is 3. The Morgan fingerprint density at radius 1 is 1.41 bits per heavy atom. The molecule has 6 heteroatoms. The van der Waals surface area contributed by atoms with Crippen LogP contribution in [0.15, 0.2) is 34.8 Å². The van der Waals surface area contributed by atoms with Gasteiger partial charge in [0.25, 0.3) is 0 Å². The van der Waals surface area contributed by atoms with Gasteiger partial charge in [-0.3, -0.25) is 0 Å². The van der Waals surface area contributed by atoms with Crippen molar-refractivity contribution < 1.29 is 0 Å². The molecule has 0 unspecified atom stereocenters. The number of rotatable bonds is 3. The molecular formula is C11H5ClN3OS-. The van der Waals surface area contributed by atoms with Crippen LogP contribution in [0.3, 0.4) is 0 Å². The molecule has 0 amide bonds. The normalized spacial score (nSPS) is 9.71. The number of halogens is 1. The second kappa shape index (κ2) is 5.01. The van der Waals surface area contributed by atoms with Crippen LogP contribution in [-0.4, -0.2) is 10.9 Å². The van der Waals surface area contributed by atoms with Crippen LogP contribution in [0.5, 0.6) is 0 Å². The highest BCUT2D eigenvalue weighted by atomic mass is 35.5. The molecule has 1 aromatic heterocycles. The van der Waals surface area contributed by atoms with Gasteiger partial charge >= 0.3 is 0 Å². The van der Waals surface area contributed by atoms with Gasteiger partial charge in [0, 0.05) is 16.0 Å². The van der Waals surface area contributed by atoms with Gasteiger partial charge in [-0.05, 0) is 17.3 Å². The predicted molar refractivity (Wildman–Crippen MR) is 70.1 cm³/mol. The van der Waals surface area contributed by atoms with Crippen LogP contribution in [0.25, 0.3) is 22.4 Å². The van der Waals surface area contributed by atoms with Crippen molar-refractivity contribution in [3.8, 4) is 11.3 Å². The molecule has 0 saturated heterocycles. The van der Waals surface area contributed by atoms with E-state index in [2.05, 4.69) is 10.2 Å². The van der Waals surface area contributed by atoms with Gasteiger partial charge in [-0.1, -0.05) is 23.7 Å². The third-order valence-corrected chi connectivity index (χ3v) is 3.14. The van der Waals surface area contributed by atoms with Crippen molar-refractivity contribution in [1.29, 1.82) is 0 Å². The third kappa shape index (κ3) is 2.47. The van der Waals surface area contributed by atoms with E-state index in [1.807, 2.05) is 12.1 Å². The summed E-state index contributed by atoms with van der Waals surface area (Å²) in [4.78, 5) is 14.5. The Kier molecular flexibility index (Phi) is 3.44. The van der Waals surface area contributed by atoms with Crippen LogP contribution in [0.1, 0.15) is 5.01 Å². The summed E-state index contributed by atoms with van der Waals surface area (Å²) in [7, 11) is 0. The van der Waals surface area contributed by atoms with Crippen molar-refractivity contribution in [2.24, 2.45) is 5.18 Å². The molecule has 0 aliphatic heterocycles. The Labute approximate surface area is 106 Å². The van der Waals surface area contributed by atoms with Crippen molar-refractivity contribution in [2.45, 2.75) is 0 Å². The van der Waals surface area contributed by atoms with E-state index in [4.69, 9.17) is 17.0 Å². The average molecular weight is 263 g/mol. The molecule has 0 N–H and O–H groups in total. The lowest BCUT2D eigenvalue weighted by Gasteiger charge is -1.96. The molecule has 0 spiro atoms. The number of benzene rings is 1. The zero-order chi connectivity index (χ0) is 12.3. The van der Waals surface area contributed by atoms with Crippen molar-refractivity contribution >= 4 is 34.5 Å². The van der Waals surface area contributed by atoms with Gasteiger partial charge in [0.1, 0.15) is 0 Å². The maximum atomic E-state index is 10.4. The van der Waals surface area contributed by atoms with E-state index in [0.717, 1.165) is 5.56 Å². The Morgan fingerprint density at radius 3 is 2.71 bits per heavy atom. The number of hydrogen-bond donors (Lipinski definition) is 0. The predicted octanol–water partition coefficient (Wildman–Crippen LogP) is 3.81. The van der Waals surface area contributed by atoms with Crippen molar-refractivity contribution in [2.75, 3.05) is 0 Å². The molecule has 0 saturated carbocycles. The molecule has 0 aliphatic carbocycles. The molecule has 84 valence electrons. The van der Waals surface area contributed by atoms with E-state index < -0.39 is 0 Å². The van der Waals surface area contributed by atoms with Crippen molar-refractivity contribution in [3.63, 3.8) is 0 Å². The summed E-state index contributed by atoms with van der Waals surface area (Å²) in [5, 5.41) is 14.0. The first-order valence-corrected chi connectivity index (χ1v) is 5.82. The second-order valence-corrected chi connectivity index (χ2v) is 4.39. The monoisotopic (exact) mass is 262 g/mol. The zero-order valence-corrected chi connectivity index (χ0v) is 10.00. The molecule has 17 heavy (non-hydrogen) atoms. The lowest BCUT2D eigenvalue weighted by Crippen LogP contribution is -1.81. The number of nitroso groups, excluding NO2 is 1. The fraction of sp³-hybridized carbons (Fsp3) is 0. The van der Waals surface area contributed by atoms with Gasteiger partial charge in [0.15, 0.2) is 10.7 Å². The smallest absolute Gasteiger partial charge is 0.162 e. The summed E-state index contributed by atoms with van der Waals surface area (Å²) < 4.78 is 0. The molecule has 0 aliphatic rings. The maximum absolute atomic E-state index is 10.4. The largest absolute Gasteiger partial charge is 0.761 e. The fourth-order valence-corrected chi connectivity index (χ4v) is 2.13. The van der Waals surface area contributed by atoms with Crippen LogP contribution < -0.4 is 0 Å². The van der Waals surface area contributed by atoms with Crippen LogP contribution >= 0.6 is 22.9 Å². The minimum atomic E-state index is -0.199. The van der Waals surface area contributed by atoms with Gasteiger partial charge in [-0.2, -0.15) is 0 Å². The Balaban J connectivity index is 2.39. The molecule has 0 atom stereocenters. The molecule has 2 rings (SSSR count). The first kappa shape index (κ1) is 11.7. The SMILES string of the molecule is [N-]=C=C(N=O)c1nc(-c2ccc(Cl)cc2)cs1. The first-order valence-electron chi connectivity index (χ1n) is 4.57. The van der Waals surface area contributed by atoms with Crippen molar-refractivity contribution in [1.82, 2.24) is 4.98 Å². The highest BCUT2D eigenvalue weighted by Gasteiger charge is 2.07. The number of hydrogen-bond acceptors (Lipinski definition) is 4. The van der Waals surface area contributed by atoms with E-state index >= 15 is 0 Å². The summed E-state index contributed by atoms with van der Waals surface area (Å²) in [6.45, 7) is 0. The molecule has 0 fully saturated rings. The van der Waals surface area contributed by atoms with Crippen molar-refractivity contribution in [3.05, 3.63) is 50.0 Å². The van der Waals surface area contributed by atoms with Gasteiger partial charge in [0.05, 0.1) is 5.69 Å². The highest BCUT2D eigenvalue weighted by molar-refractivity contribution is 7.11. The Bertz CT molecular complexity index is 599. The Hall–Kier alpha value is -1.81. The van der Waals surface area contributed by atoms with E-state index in [-0.39, 0.29) is 5.70 Å². The topological polar surface area (TPSA) is 64.6 Å². The molecule has 4 nitrogen and oxygen atoms in total. The molecule has 0 radical (unpaired) electrons. The molecule has 1 aromatic carbocycles. The van der Waals surface area contributed by atoms with Crippen LogP contribution in [0.4, 0.5) is 0 Å². The highest BCUT2D eigenvalue weighted by Crippen LogP contribution is 2.26. The summed E-state index contributed by atoms with van der Waals surface area (Å²) in [6.07, 6.45) is 0. The van der Waals surface area contributed by atoms with Crippen LogP contribution in [0.2, 0.25) is 5.02 Å². The van der Waals surface area contributed by atoms with E-state index in [1.54, 1.807) is 23.4 Å². The quantitative estimate of drug-likeness (QED) is 0.624. The molecular weight excluding hydrogens is 258 g/mol. The number of aromatic nitrogens is 1. The number of thiazole rings is 1. The molecule has 0 bridgehead atoms. The molecule has 2 aromatic rings. The van der Waals surface area contributed by atoms with E-state index in [1.165, 1.54) is 11.3 Å². The van der Waals surface area contributed by atoms with Crippen LogP contribution in [-0.2, 0) is 0 Å². The lowest BCUT2D eigenvalue weighted by atomic mass is 10.2. The average Bonchev–Trinajstić information content (AvgIpc) is 2.81. The standard InChI is InChI=1S/C11H5ClN3OS/c12-8-3-1-7(2-4-8)10-6-17-11(14-10)9(5-13)15-16/h1-4,6H/q-1. The first-order chi connectivity index (χ1) is 8.24. The summed E-state index contributed by atoms with van der Waals surface area (Å²) in [6, 6.07) is 7.15. The van der Waals surface area contributed by atoms with Gasteiger partial charge in [-0.15, -0.1) is 16.2 Å².